The van der Waals surface area contributed by atoms with E-state index in [1.165, 1.54) is 0 Å². The maximum absolute atomic E-state index is 5.53. The summed E-state index contributed by atoms with van der Waals surface area (Å²) in [5.41, 5.74) is 2.80. The second kappa shape index (κ2) is 5.11. The van der Waals surface area contributed by atoms with Crippen LogP contribution in [0.15, 0.2) is 54.9 Å². The number of aromatic nitrogens is 4. The lowest BCUT2D eigenvalue weighted by atomic mass is 10.1. The quantitative estimate of drug-likeness (QED) is 0.534. The van der Waals surface area contributed by atoms with Gasteiger partial charge in [-0.25, -0.2) is 0 Å². The Morgan fingerprint density at radius 3 is 2.74 bits per heavy atom. The molecule has 5 heteroatoms. The van der Waals surface area contributed by atoms with Crippen LogP contribution in [0.4, 0.5) is 11.5 Å². The number of benzene rings is 2. The molecule has 0 amide bonds. The van der Waals surface area contributed by atoms with Crippen molar-refractivity contribution < 1.29 is 0 Å². The van der Waals surface area contributed by atoms with E-state index in [9.17, 15) is 0 Å². The van der Waals surface area contributed by atoms with Crippen LogP contribution in [0.5, 0.6) is 0 Å². The zero-order chi connectivity index (χ0) is 15.8. The predicted molar refractivity (Wildman–Crippen MR) is 90.7 cm³/mol. The fourth-order valence-electron chi connectivity index (χ4n) is 2.67. The molecule has 0 aliphatic heterocycles. The van der Waals surface area contributed by atoms with Crippen molar-refractivity contribution in [2.45, 2.75) is 0 Å². The summed E-state index contributed by atoms with van der Waals surface area (Å²) in [7, 11) is 1.99. The fraction of sp³-hybridized carbons (Fsp3) is 0.0556. The van der Waals surface area contributed by atoms with E-state index in [4.69, 9.17) is 6.42 Å². The summed E-state index contributed by atoms with van der Waals surface area (Å²) in [6.07, 6.45) is 7.18. The minimum atomic E-state index is 0.546. The third-order valence-electron chi connectivity index (χ3n) is 3.86. The molecule has 2 aromatic carbocycles. The number of nitrogens with zero attached hydrogens (tertiary/aromatic N) is 5. The monoisotopic (exact) mass is 299 g/mol. The molecule has 0 atom stereocenters. The number of hydrogen-bond acceptors (Lipinski definition) is 4. The Labute approximate surface area is 133 Å². The summed E-state index contributed by atoms with van der Waals surface area (Å²) < 4.78 is 1.85. The number of para-hydroxylation sites is 1. The van der Waals surface area contributed by atoms with Gasteiger partial charge in [-0.3, -0.25) is 4.40 Å². The first kappa shape index (κ1) is 13.3. The number of terminal acetylenes is 1. The maximum atomic E-state index is 5.53. The van der Waals surface area contributed by atoms with Gasteiger partial charge >= 0.3 is 0 Å². The molecule has 4 rings (SSSR count). The molecular weight excluding hydrogens is 286 g/mol. The van der Waals surface area contributed by atoms with E-state index in [2.05, 4.69) is 21.1 Å². The van der Waals surface area contributed by atoms with Crippen LogP contribution < -0.4 is 4.90 Å². The van der Waals surface area contributed by atoms with E-state index in [0.717, 1.165) is 28.0 Å². The predicted octanol–water partition coefficient (Wildman–Crippen LogP) is 3.03. The Balaban J connectivity index is 2.03. The molecule has 23 heavy (non-hydrogen) atoms. The van der Waals surface area contributed by atoms with E-state index in [1.807, 2.05) is 64.9 Å². The molecule has 0 saturated carbocycles. The van der Waals surface area contributed by atoms with Crippen LogP contribution in [0.25, 0.3) is 16.7 Å². The number of fused-ring (bicyclic) bond motifs is 3. The topological polar surface area (TPSA) is 46.3 Å². The summed E-state index contributed by atoms with van der Waals surface area (Å²) in [5, 5.41) is 9.03. The Bertz CT molecular complexity index is 1040. The zero-order valence-corrected chi connectivity index (χ0v) is 12.5. The summed E-state index contributed by atoms with van der Waals surface area (Å²) in [6, 6.07) is 15.9. The van der Waals surface area contributed by atoms with Crippen molar-refractivity contribution in [1.82, 2.24) is 19.6 Å². The van der Waals surface area contributed by atoms with E-state index in [1.54, 1.807) is 6.33 Å². The van der Waals surface area contributed by atoms with Crippen LogP contribution >= 0.6 is 0 Å². The van der Waals surface area contributed by atoms with Gasteiger partial charge in [0, 0.05) is 23.7 Å². The lowest BCUT2D eigenvalue weighted by molar-refractivity contribution is 1.08. The molecule has 4 aromatic rings. The molecule has 0 aliphatic rings. The van der Waals surface area contributed by atoms with Crippen molar-refractivity contribution in [3.8, 4) is 12.3 Å². The van der Waals surface area contributed by atoms with Crippen LogP contribution in [0.2, 0.25) is 0 Å². The number of hydrogen-bond donors (Lipinski definition) is 0. The largest absolute Gasteiger partial charge is 0.329 e. The van der Waals surface area contributed by atoms with Crippen molar-refractivity contribution in [1.29, 1.82) is 0 Å². The Kier molecular flexibility index (Phi) is 2.95. The van der Waals surface area contributed by atoms with Gasteiger partial charge in [0.25, 0.3) is 5.78 Å². The Hall–Kier alpha value is -3.39. The highest BCUT2D eigenvalue weighted by Gasteiger charge is 2.14. The molecule has 2 aromatic heterocycles. The van der Waals surface area contributed by atoms with Crippen LogP contribution in [0.3, 0.4) is 0 Å². The smallest absolute Gasteiger partial charge is 0.257 e. The molecule has 0 aliphatic carbocycles. The first-order chi connectivity index (χ1) is 11.3. The molecule has 0 spiro atoms. The van der Waals surface area contributed by atoms with Gasteiger partial charge < -0.3 is 4.90 Å². The van der Waals surface area contributed by atoms with E-state index in [-0.39, 0.29) is 0 Å². The van der Waals surface area contributed by atoms with Gasteiger partial charge in [-0.05, 0) is 30.3 Å². The molecule has 0 fully saturated rings. The van der Waals surface area contributed by atoms with Crippen LogP contribution in [0, 0.1) is 12.3 Å². The van der Waals surface area contributed by atoms with E-state index >= 15 is 0 Å². The average Bonchev–Trinajstić information content (AvgIpc) is 3.09. The summed E-state index contributed by atoms with van der Waals surface area (Å²) in [5.74, 6) is 4.03. The van der Waals surface area contributed by atoms with Gasteiger partial charge in [0.15, 0.2) is 0 Å². The third-order valence-corrected chi connectivity index (χ3v) is 3.86. The minimum absolute atomic E-state index is 0.546. The average molecular weight is 299 g/mol. The number of rotatable bonds is 2. The molecule has 0 radical (unpaired) electrons. The third kappa shape index (κ3) is 2.09. The fourth-order valence-corrected chi connectivity index (χ4v) is 2.67. The highest BCUT2D eigenvalue weighted by molar-refractivity contribution is 5.94. The maximum Gasteiger partial charge on any atom is 0.257 e. The van der Waals surface area contributed by atoms with Gasteiger partial charge in [0.2, 0.25) is 0 Å². The number of anilines is 2. The van der Waals surface area contributed by atoms with Crippen molar-refractivity contribution in [3.05, 3.63) is 60.4 Å². The lowest BCUT2D eigenvalue weighted by Gasteiger charge is -2.20. The lowest BCUT2D eigenvalue weighted by Crippen LogP contribution is -2.12. The second-order valence-electron chi connectivity index (χ2n) is 5.21. The molecule has 0 unspecified atom stereocenters. The van der Waals surface area contributed by atoms with Crippen molar-refractivity contribution >= 4 is 28.2 Å². The first-order valence-corrected chi connectivity index (χ1v) is 7.17. The van der Waals surface area contributed by atoms with Crippen molar-refractivity contribution in [3.63, 3.8) is 0 Å². The van der Waals surface area contributed by atoms with E-state index < -0.39 is 0 Å². The minimum Gasteiger partial charge on any atom is -0.329 e. The van der Waals surface area contributed by atoms with Gasteiger partial charge in [0.05, 0.1) is 5.52 Å². The molecule has 0 N–H and O–H groups in total. The van der Waals surface area contributed by atoms with Crippen LogP contribution in [-0.4, -0.2) is 26.6 Å². The van der Waals surface area contributed by atoms with Crippen LogP contribution in [0.1, 0.15) is 5.56 Å². The molecule has 2 heterocycles. The standard InChI is InChI=1S/C18H13N5/c1-3-13-9-10-15-16(11-13)23-12-19-21-18(23)20-17(15)22(2)14-7-5-4-6-8-14/h1,4-12H,2H3. The molecular formula is C18H13N5. The van der Waals surface area contributed by atoms with Gasteiger partial charge in [-0.2, -0.15) is 4.98 Å². The van der Waals surface area contributed by atoms with E-state index in [0.29, 0.717) is 5.78 Å². The summed E-state index contributed by atoms with van der Waals surface area (Å²) in [4.78, 5) is 6.69. The first-order valence-electron chi connectivity index (χ1n) is 7.17. The van der Waals surface area contributed by atoms with Gasteiger partial charge in [0.1, 0.15) is 12.1 Å². The molecule has 0 saturated heterocycles. The highest BCUT2D eigenvalue weighted by Crippen LogP contribution is 2.30. The van der Waals surface area contributed by atoms with Gasteiger partial charge in [-0.1, -0.05) is 24.1 Å². The summed E-state index contributed by atoms with van der Waals surface area (Å²) in [6.45, 7) is 0. The Morgan fingerprint density at radius 2 is 1.96 bits per heavy atom. The van der Waals surface area contributed by atoms with Crippen LogP contribution in [-0.2, 0) is 0 Å². The molecule has 5 nitrogen and oxygen atoms in total. The normalized spacial score (nSPS) is 10.8. The van der Waals surface area contributed by atoms with Crippen molar-refractivity contribution in [2.24, 2.45) is 0 Å². The molecule has 110 valence electrons. The Morgan fingerprint density at radius 1 is 1.13 bits per heavy atom. The second-order valence-corrected chi connectivity index (χ2v) is 5.21. The molecule has 0 bridgehead atoms. The van der Waals surface area contributed by atoms with Crippen molar-refractivity contribution in [2.75, 3.05) is 11.9 Å². The zero-order valence-electron chi connectivity index (χ0n) is 12.5. The highest BCUT2D eigenvalue weighted by atomic mass is 15.3. The summed E-state index contributed by atoms with van der Waals surface area (Å²) >= 11 is 0. The van der Waals surface area contributed by atoms with Gasteiger partial charge in [-0.15, -0.1) is 16.6 Å². The SMILES string of the molecule is C#Cc1ccc2c(N(C)c3ccccc3)nc3nncn3c2c1.